The zero-order valence-corrected chi connectivity index (χ0v) is 19.0. The van der Waals surface area contributed by atoms with Crippen molar-refractivity contribution < 1.29 is 22.5 Å². The second kappa shape index (κ2) is 10.2. The fourth-order valence-corrected chi connectivity index (χ4v) is 5.38. The van der Waals surface area contributed by atoms with Crippen molar-refractivity contribution >= 4 is 15.9 Å². The van der Waals surface area contributed by atoms with Crippen LogP contribution in [0.2, 0.25) is 0 Å². The van der Waals surface area contributed by atoms with Crippen LogP contribution in [0.5, 0.6) is 0 Å². The minimum Gasteiger partial charge on any atom is -0.381 e. The maximum absolute atomic E-state index is 12.4. The molecule has 0 bridgehead atoms. The van der Waals surface area contributed by atoms with Gasteiger partial charge in [0, 0.05) is 57.0 Å². The molecule has 170 valence electrons. The second-order valence-electron chi connectivity index (χ2n) is 8.33. The molecule has 0 spiro atoms. The Bertz CT molecular complexity index is 800. The minimum atomic E-state index is -3.20. The average molecular weight is 443 g/mol. The molecule has 2 saturated heterocycles. The van der Waals surface area contributed by atoms with Gasteiger partial charge in [-0.2, -0.15) is 0 Å². The molecule has 2 fully saturated rings. The standard InChI is InChI=1S/C20H34N4O5S/c1-15-19(16(2)29-22-15)13-20(25)21-8-10-24(17-6-11-28-12-7-17)18-5-4-9-23(14-18)30(3,26)27/h17-18H,4-14H2,1-3H3,(H,21,25). The molecule has 2 aliphatic rings. The fourth-order valence-electron chi connectivity index (χ4n) is 4.47. The third kappa shape index (κ3) is 6.03. The van der Waals surface area contributed by atoms with Gasteiger partial charge in [-0.3, -0.25) is 9.69 Å². The van der Waals surface area contributed by atoms with E-state index in [2.05, 4.69) is 15.4 Å². The molecule has 0 aromatic carbocycles. The molecule has 1 N–H and O–H groups in total. The van der Waals surface area contributed by atoms with Crippen LogP contribution in [0.1, 0.15) is 42.7 Å². The van der Waals surface area contributed by atoms with Crippen LogP contribution in [0.15, 0.2) is 4.52 Å². The number of hydrogen-bond acceptors (Lipinski definition) is 7. The summed E-state index contributed by atoms with van der Waals surface area (Å²) in [6.07, 6.45) is 5.23. The Labute approximate surface area is 179 Å². The van der Waals surface area contributed by atoms with E-state index < -0.39 is 10.0 Å². The first-order valence-electron chi connectivity index (χ1n) is 10.7. The number of aryl methyl sites for hydroxylation is 2. The summed E-state index contributed by atoms with van der Waals surface area (Å²) >= 11 is 0. The third-order valence-electron chi connectivity index (χ3n) is 6.17. The van der Waals surface area contributed by atoms with Gasteiger partial charge in [-0.15, -0.1) is 0 Å². The summed E-state index contributed by atoms with van der Waals surface area (Å²) in [5.41, 5.74) is 1.58. The Morgan fingerprint density at radius 1 is 1.23 bits per heavy atom. The van der Waals surface area contributed by atoms with Crippen LogP contribution in [0.3, 0.4) is 0 Å². The zero-order chi connectivity index (χ0) is 21.7. The maximum Gasteiger partial charge on any atom is 0.224 e. The summed E-state index contributed by atoms with van der Waals surface area (Å²) in [6, 6.07) is 0.513. The van der Waals surface area contributed by atoms with Crippen molar-refractivity contribution in [1.82, 2.24) is 19.7 Å². The van der Waals surface area contributed by atoms with E-state index in [4.69, 9.17) is 9.26 Å². The van der Waals surface area contributed by atoms with E-state index in [0.717, 1.165) is 50.2 Å². The summed E-state index contributed by atoms with van der Waals surface area (Å²) < 4.78 is 36.4. The lowest BCUT2D eigenvalue weighted by molar-refractivity contribution is -0.120. The predicted molar refractivity (Wildman–Crippen MR) is 113 cm³/mol. The molecule has 0 radical (unpaired) electrons. The number of aromatic nitrogens is 1. The van der Waals surface area contributed by atoms with E-state index in [1.165, 1.54) is 6.26 Å². The Kier molecular flexibility index (Phi) is 7.89. The van der Waals surface area contributed by atoms with E-state index in [-0.39, 0.29) is 18.4 Å². The van der Waals surface area contributed by atoms with E-state index >= 15 is 0 Å². The molecule has 0 aliphatic carbocycles. The van der Waals surface area contributed by atoms with Gasteiger partial charge >= 0.3 is 0 Å². The van der Waals surface area contributed by atoms with Gasteiger partial charge in [0.25, 0.3) is 0 Å². The van der Waals surface area contributed by atoms with E-state index in [9.17, 15) is 13.2 Å². The summed E-state index contributed by atoms with van der Waals surface area (Å²) in [5, 5.41) is 6.91. The van der Waals surface area contributed by atoms with Crippen LogP contribution in [0, 0.1) is 13.8 Å². The number of rotatable bonds is 8. The van der Waals surface area contributed by atoms with Gasteiger partial charge in [-0.25, -0.2) is 12.7 Å². The van der Waals surface area contributed by atoms with Crippen LogP contribution < -0.4 is 5.32 Å². The molecule has 30 heavy (non-hydrogen) atoms. The smallest absolute Gasteiger partial charge is 0.224 e. The monoisotopic (exact) mass is 442 g/mol. The Hall–Kier alpha value is -1.49. The minimum absolute atomic E-state index is 0.0577. The first kappa shape index (κ1) is 23.2. The lowest BCUT2D eigenvalue weighted by Gasteiger charge is -2.43. The fraction of sp³-hybridized carbons (Fsp3) is 0.800. The van der Waals surface area contributed by atoms with Gasteiger partial charge in [0.15, 0.2) is 0 Å². The molecule has 1 amide bonds. The molecular weight excluding hydrogens is 408 g/mol. The molecule has 1 aromatic rings. The molecular formula is C20H34N4O5S. The van der Waals surface area contributed by atoms with E-state index in [0.29, 0.717) is 38.0 Å². The van der Waals surface area contributed by atoms with Gasteiger partial charge in [-0.1, -0.05) is 5.16 Å². The Balaban J connectivity index is 1.59. The van der Waals surface area contributed by atoms with Crippen molar-refractivity contribution in [3.8, 4) is 0 Å². The molecule has 1 atom stereocenters. The molecule has 9 nitrogen and oxygen atoms in total. The van der Waals surface area contributed by atoms with E-state index in [1.54, 1.807) is 4.31 Å². The average Bonchev–Trinajstić information content (AvgIpc) is 3.03. The Morgan fingerprint density at radius 3 is 2.60 bits per heavy atom. The number of carbonyl (C=O) groups excluding carboxylic acids is 1. The zero-order valence-electron chi connectivity index (χ0n) is 18.2. The van der Waals surface area contributed by atoms with Crippen molar-refractivity contribution in [2.24, 2.45) is 0 Å². The lowest BCUT2D eigenvalue weighted by Crippen LogP contribution is -2.55. The number of hydrogen-bond donors (Lipinski definition) is 1. The quantitative estimate of drug-likeness (QED) is 0.636. The predicted octanol–water partition coefficient (Wildman–Crippen LogP) is 0.855. The van der Waals surface area contributed by atoms with Crippen molar-refractivity contribution in [3.63, 3.8) is 0 Å². The van der Waals surface area contributed by atoms with Crippen molar-refractivity contribution in [2.45, 2.75) is 58.0 Å². The number of nitrogens with zero attached hydrogens (tertiary/aromatic N) is 3. The first-order valence-corrected chi connectivity index (χ1v) is 12.6. The number of carbonyl (C=O) groups is 1. The number of amides is 1. The van der Waals surface area contributed by atoms with Crippen LogP contribution in [-0.2, 0) is 26.0 Å². The summed E-state index contributed by atoms with van der Waals surface area (Å²) in [5.74, 6) is 0.618. The highest BCUT2D eigenvalue weighted by Gasteiger charge is 2.33. The van der Waals surface area contributed by atoms with Gasteiger partial charge in [0.1, 0.15) is 5.76 Å². The third-order valence-corrected chi connectivity index (χ3v) is 7.44. The topological polar surface area (TPSA) is 105 Å². The Morgan fingerprint density at radius 2 is 1.97 bits per heavy atom. The van der Waals surface area contributed by atoms with Gasteiger partial charge in [-0.05, 0) is 39.5 Å². The maximum atomic E-state index is 12.4. The highest BCUT2D eigenvalue weighted by molar-refractivity contribution is 7.88. The van der Waals surface area contributed by atoms with E-state index in [1.807, 2.05) is 13.8 Å². The SMILES string of the molecule is Cc1noc(C)c1CC(=O)NCCN(C1CCOCC1)C1CCCN(S(C)(=O)=O)C1. The number of sulfonamides is 1. The van der Waals surface area contributed by atoms with Crippen LogP contribution in [-0.4, -0.2) is 86.4 Å². The molecule has 1 unspecified atom stereocenters. The van der Waals surface area contributed by atoms with Crippen LogP contribution in [0.25, 0.3) is 0 Å². The van der Waals surface area contributed by atoms with Gasteiger partial charge in [0.2, 0.25) is 15.9 Å². The highest BCUT2D eigenvalue weighted by Crippen LogP contribution is 2.24. The van der Waals surface area contributed by atoms with Gasteiger partial charge < -0.3 is 14.6 Å². The summed E-state index contributed by atoms with van der Waals surface area (Å²) in [6.45, 7) is 7.42. The van der Waals surface area contributed by atoms with Crippen LogP contribution >= 0.6 is 0 Å². The second-order valence-corrected chi connectivity index (χ2v) is 10.3. The number of nitrogens with one attached hydrogen (secondary N) is 1. The number of piperidine rings is 1. The lowest BCUT2D eigenvalue weighted by atomic mass is 9.99. The van der Waals surface area contributed by atoms with Crippen molar-refractivity contribution in [1.29, 1.82) is 0 Å². The van der Waals surface area contributed by atoms with Crippen molar-refractivity contribution in [3.05, 3.63) is 17.0 Å². The molecule has 3 rings (SSSR count). The van der Waals surface area contributed by atoms with Crippen molar-refractivity contribution in [2.75, 3.05) is 45.6 Å². The normalized spacial score (nSPS) is 21.8. The molecule has 10 heteroatoms. The molecule has 1 aromatic heterocycles. The summed E-state index contributed by atoms with van der Waals surface area (Å²) in [7, 11) is -3.20. The summed E-state index contributed by atoms with van der Waals surface area (Å²) in [4.78, 5) is 14.8. The molecule has 3 heterocycles. The first-order chi connectivity index (χ1) is 14.3. The molecule has 2 aliphatic heterocycles. The molecule has 0 saturated carbocycles. The number of ether oxygens (including phenoxy) is 1. The van der Waals surface area contributed by atoms with Crippen LogP contribution in [0.4, 0.5) is 0 Å². The largest absolute Gasteiger partial charge is 0.381 e. The highest BCUT2D eigenvalue weighted by atomic mass is 32.2. The van der Waals surface area contributed by atoms with Gasteiger partial charge in [0.05, 0.1) is 18.4 Å².